The number of allylic oxidation sites excluding steroid dienone is 4. The molecule has 4 aromatic rings. The number of nitrogens with zero attached hydrogens (tertiary/aromatic N) is 1. The van der Waals surface area contributed by atoms with Crippen molar-refractivity contribution < 1.29 is 4.42 Å². The summed E-state index contributed by atoms with van der Waals surface area (Å²) in [4.78, 5) is 0. The zero-order valence-corrected chi connectivity index (χ0v) is 14.8. The molecule has 128 valence electrons. The topological polar surface area (TPSA) is 18.1 Å². The van der Waals surface area contributed by atoms with Crippen molar-refractivity contribution in [2.24, 2.45) is 0 Å². The molecule has 2 nitrogen and oxygen atoms in total. The van der Waals surface area contributed by atoms with Crippen LogP contribution in [0.25, 0.3) is 38.5 Å². The van der Waals surface area contributed by atoms with E-state index in [0.29, 0.717) is 0 Å². The van der Waals surface area contributed by atoms with Gasteiger partial charge in [0.1, 0.15) is 11.3 Å². The molecule has 5 rings (SSSR count). The first kappa shape index (κ1) is 15.3. The van der Waals surface area contributed by atoms with Crippen molar-refractivity contribution in [3.8, 4) is 0 Å². The number of benzene rings is 2. The predicted molar refractivity (Wildman–Crippen MR) is 111 cm³/mol. The summed E-state index contributed by atoms with van der Waals surface area (Å²) < 4.78 is 8.67. The van der Waals surface area contributed by atoms with E-state index in [2.05, 4.69) is 54.1 Å². The van der Waals surface area contributed by atoms with E-state index in [1.807, 2.05) is 18.2 Å². The third-order valence-corrected chi connectivity index (χ3v) is 5.51. The fourth-order valence-corrected chi connectivity index (χ4v) is 4.40. The lowest BCUT2D eigenvalue weighted by atomic mass is 9.95. The maximum atomic E-state index is 6.42. The third kappa shape index (κ3) is 1.99. The van der Waals surface area contributed by atoms with Gasteiger partial charge in [0.25, 0.3) is 0 Å². The van der Waals surface area contributed by atoms with Crippen molar-refractivity contribution in [2.45, 2.75) is 25.7 Å². The fraction of sp³-hybridized carbons (Fsp3) is 0.167. The van der Waals surface area contributed by atoms with Crippen LogP contribution in [0.4, 0.5) is 0 Å². The normalized spacial score (nSPS) is 14.8. The number of rotatable bonds is 3. The molecule has 0 atom stereocenters. The van der Waals surface area contributed by atoms with E-state index in [9.17, 15) is 0 Å². The van der Waals surface area contributed by atoms with E-state index in [1.165, 1.54) is 40.3 Å². The Bertz CT molecular complexity index is 1220. The molecular weight excluding hydrogens is 318 g/mol. The highest BCUT2D eigenvalue weighted by Gasteiger charge is 2.22. The van der Waals surface area contributed by atoms with Crippen LogP contribution in [-0.2, 0) is 12.8 Å². The maximum absolute atomic E-state index is 6.42. The zero-order chi connectivity index (χ0) is 17.7. The maximum Gasteiger partial charge on any atom is 0.144 e. The zero-order valence-electron chi connectivity index (χ0n) is 14.8. The number of para-hydroxylation sites is 1. The van der Waals surface area contributed by atoms with Crippen molar-refractivity contribution in [3.05, 3.63) is 79.1 Å². The summed E-state index contributed by atoms with van der Waals surface area (Å²) in [6, 6.07) is 13.0. The summed E-state index contributed by atoms with van der Waals surface area (Å²) in [5.41, 5.74) is 5.78. The van der Waals surface area contributed by atoms with E-state index in [0.717, 1.165) is 35.2 Å². The lowest BCUT2D eigenvalue weighted by Gasteiger charge is -2.09. The van der Waals surface area contributed by atoms with Crippen molar-refractivity contribution in [2.75, 3.05) is 0 Å². The van der Waals surface area contributed by atoms with E-state index in [-0.39, 0.29) is 0 Å². The Kier molecular flexibility index (Phi) is 3.39. The molecule has 0 unspecified atom stereocenters. The van der Waals surface area contributed by atoms with Gasteiger partial charge in [0, 0.05) is 28.5 Å². The summed E-state index contributed by atoms with van der Waals surface area (Å²) in [7, 11) is 0. The average molecular weight is 339 g/mol. The molecule has 1 aliphatic rings. The summed E-state index contributed by atoms with van der Waals surface area (Å²) in [6.07, 6.45) is 10.3. The largest absolute Gasteiger partial charge is 0.460 e. The number of aromatic nitrogens is 1. The van der Waals surface area contributed by atoms with Crippen LogP contribution in [0.5, 0.6) is 0 Å². The van der Waals surface area contributed by atoms with Crippen LogP contribution < -0.4 is 0 Å². The molecular formula is C24H21NO. The van der Waals surface area contributed by atoms with Gasteiger partial charge in [0.2, 0.25) is 0 Å². The van der Waals surface area contributed by atoms with Crippen LogP contribution in [0.15, 0.2) is 72.2 Å². The first-order valence-corrected chi connectivity index (χ1v) is 9.25. The van der Waals surface area contributed by atoms with Gasteiger partial charge in [-0.2, -0.15) is 0 Å². The van der Waals surface area contributed by atoms with Crippen LogP contribution in [0, 0.1) is 0 Å². The molecule has 0 N–H and O–H groups in total. The highest BCUT2D eigenvalue weighted by molar-refractivity contribution is 6.20. The molecule has 26 heavy (non-hydrogen) atoms. The molecule has 0 spiro atoms. The molecule has 0 amide bonds. The van der Waals surface area contributed by atoms with E-state index in [1.54, 1.807) is 0 Å². The molecule has 2 aromatic heterocycles. The first-order chi connectivity index (χ1) is 12.8. The van der Waals surface area contributed by atoms with Gasteiger partial charge in [0.05, 0.1) is 16.4 Å². The number of hydrogen-bond donors (Lipinski definition) is 0. The number of aryl methyl sites for hydroxylation is 2. The quantitative estimate of drug-likeness (QED) is 0.383. The Hall–Kier alpha value is -3.00. The van der Waals surface area contributed by atoms with Gasteiger partial charge in [-0.05, 0) is 49.6 Å². The Morgan fingerprint density at radius 2 is 1.81 bits per heavy atom. The van der Waals surface area contributed by atoms with Crippen molar-refractivity contribution in [1.82, 2.24) is 4.57 Å². The predicted octanol–water partition coefficient (Wildman–Crippen LogP) is 6.63. The van der Waals surface area contributed by atoms with Gasteiger partial charge in [-0.25, -0.2) is 0 Å². The fourth-order valence-electron chi connectivity index (χ4n) is 4.40. The van der Waals surface area contributed by atoms with Crippen LogP contribution in [-0.4, -0.2) is 4.57 Å². The van der Waals surface area contributed by atoms with Crippen molar-refractivity contribution >= 4 is 38.5 Å². The van der Waals surface area contributed by atoms with Gasteiger partial charge in [-0.1, -0.05) is 37.4 Å². The van der Waals surface area contributed by atoms with Crippen LogP contribution >= 0.6 is 0 Å². The molecule has 0 radical (unpaired) electrons. The molecule has 0 fully saturated rings. The Balaban J connectivity index is 1.99. The van der Waals surface area contributed by atoms with Gasteiger partial charge in [-0.3, -0.25) is 0 Å². The molecule has 2 aromatic carbocycles. The molecule has 0 saturated heterocycles. The summed E-state index contributed by atoms with van der Waals surface area (Å²) in [5, 5.41) is 3.70. The Labute approximate surface area is 152 Å². The molecule has 1 aliphatic carbocycles. The molecule has 0 saturated carbocycles. The van der Waals surface area contributed by atoms with Crippen molar-refractivity contribution in [3.63, 3.8) is 0 Å². The Morgan fingerprint density at radius 3 is 2.65 bits per heavy atom. The summed E-state index contributed by atoms with van der Waals surface area (Å²) >= 11 is 0. The first-order valence-electron chi connectivity index (χ1n) is 9.25. The summed E-state index contributed by atoms with van der Waals surface area (Å²) in [5.74, 6) is 1.18. The van der Waals surface area contributed by atoms with Crippen LogP contribution in [0.3, 0.4) is 0 Å². The van der Waals surface area contributed by atoms with E-state index in [4.69, 9.17) is 4.42 Å². The van der Waals surface area contributed by atoms with E-state index < -0.39 is 0 Å². The van der Waals surface area contributed by atoms with Gasteiger partial charge in [-0.15, -0.1) is 0 Å². The van der Waals surface area contributed by atoms with Gasteiger partial charge in [0.15, 0.2) is 0 Å². The SMILES string of the molecule is C=C/C=C(\C=C)n1c2ccccc2c2c3oc4c(c3ccc21)CCCC4. The minimum Gasteiger partial charge on any atom is -0.460 e. The lowest BCUT2D eigenvalue weighted by molar-refractivity contribution is 0.508. The second-order valence-corrected chi connectivity index (χ2v) is 6.93. The van der Waals surface area contributed by atoms with E-state index >= 15 is 0 Å². The third-order valence-electron chi connectivity index (χ3n) is 5.51. The van der Waals surface area contributed by atoms with Crippen molar-refractivity contribution in [1.29, 1.82) is 0 Å². The lowest BCUT2D eigenvalue weighted by Crippen LogP contribution is -1.98. The Morgan fingerprint density at radius 1 is 0.962 bits per heavy atom. The van der Waals surface area contributed by atoms with Crippen LogP contribution in [0.1, 0.15) is 24.2 Å². The molecule has 2 heterocycles. The summed E-state index contributed by atoms with van der Waals surface area (Å²) in [6.45, 7) is 7.86. The van der Waals surface area contributed by atoms with Crippen LogP contribution in [0.2, 0.25) is 0 Å². The minimum atomic E-state index is 1.02. The second-order valence-electron chi connectivity index (χ2n) is 6.93. The van der Waals surface area contributed by atoms with Gasteiger partial charge < -0.3 is 8.98 Å². The highest BCUT2D eigenvalue weighted by atomic mass is 16.3. The minimum absolute atomic E-state index is 1.02. The molecule has 0 aliphatic heterocycles. The number of fused-ring (bicyclic) bond motifs is 7. The van der Waals surface area contributed by atoms with Gasteiger partial charge >= 0.3 is 0 Å². The second kappa shape index (κ2) is 5.77. The standard InChI is InChI=1S/C24H21NO/c1-3-9-16(4-2)25-20-12-7-5-11-19(20)23-21(25)15-14-18-17-10-6-8-13-22(17)26-24(18)23/h3-5,7,9,11-12,14-15H,1-2,6,8,10,13H2/b16-9+. The highest BCUT2D eigenvalue weighted by Crippen LogP contribution is 2.41. The molecule has 2 heteroatoms. The number of furan rings is 1. The smallest absolute Gasteiger partial charge is 0.144 e. The molecule has 0 bridgehead atoms. The monoisotopic (exact) mass is 339 g/mol. The average Bonchev–Trinajstić information content (AvgIpc) is 3.22. The number of hydrogen-bond acceptors (Lipinski definition) is 1.